The third kappa shape index (κ3) is 5.16. The van der Waals surface area contributed by atoms with Crippen LogP contribution in [0.25, 0.3) is 0 Å². The van der Waals surface area contributed by atoms with E-state index in [1.807, 2.05) is 37.4 Å². The second kappa shape index (κ2) is 9.52. The number of hydrogen-bond acceptors (Lipinski definition) is 5. The smallest absolute Gasteiger partial charge is 0.255 e. The Hall–Kier alpha value is -3.20. The average molecular weight is 452 g/mol. The lowest BCUT2D eigenvalue weighted by Crippen LogP contribution is -2.46. The van der Waals surface area contributed by atoms with E-state index in [-0.39, 0.29) is 10.8 Å². The van der Waals surface area contributed by atoms with E-state index in [0.29, 0.717) is 48.9 Å². The van der Waals surface area contributed by atoms with Gasteiger partial charge in [0.2, 0.25) is 10.0 Å². The molecule has 1 aliphatic heterocycles. The molecule has 0 bridgehead atoms. The van der Waals surface area contributed by atoms with Crippen molar-refractivity contribution in [3.05, 3.63) is 84.4 Å². The first kappa shape index (κ1) is 22.0. The number of anilines is 1. The SMILES string of the molecule is CN1CCN(S(=O)(=O)c2ccc(NC(=O)c3cccc(Oc4ccccc4)c3)cc2)CC1. The summed E-state index contributed by atoms with van der Waals surface area (Å²) in [6.45, 7) is 2.36. The Labute approximate surface area is 188 Å². The highest BCUT2D eigenvalue weighted by atomic mass is 32.2. The molecule has 32 heavy (non-hydrogen) atoms. The molecule has 1 fully saturated rings. The normalized spacial score (nSPS) is 15.3. The summed E-state index contributed by atoms with van der Waals surface area (Å²) in [7, 11) is -1.56. The van der Waals surface area contributed by atoms with Gasteiger partial charge in [0, 0.05) is 37.4 Å². The average Bonchev–Trinajstić information content (AvgIpc) is 2.80. The fourth-order valence-electron chi connectivity index (χ4n) is 3.42. The zero-order chi connectivity index (χ0) is 22.6. The van der Waals surface area contributed by atoms with Gasteiger partial charge in [-0.05, 0) is 61.6 Å². The van der Waals surface area contributed by atoms with Crippen molar-refractivity contribution in [1.29, 1.82) is 0 Å². The molecule has 8 heteroatoms. The van der Waals surface area contributed by atoms with Crippen LogP contribution in [0.4, 0.5) is 5.69 Å². The van der Waals surface area contributed by atoms with Crippen LogP contribution >= 0.6 is 0 Å². The predicted molar refractivity (Wildman–Crippen MR) is 124 cm³/mol. The summed E-state index contributed by atoms with van der Waals surface area (Å²) >= 11 is 0. The number of ether oxygens (including phenoxy) is 1. The zero-order valence-electron chi connectivity index (χ0n) is 17.8. The zero-order valence-corrected chi connectivity index (χ0v) is 18.6. The van der Waals surface area contributed by atoms with Crippen molar-refractivity contribution in [2.45, 2.75) is 4.90 Å². The van der Waals surface area contributed by atoms with Crippen LogP contribution in [0.15, 0.2) is 83.8 Å². The molecule has 1 saturated heterocycles. The van der Waals surface area contributed by atoms with Crippen LogP contribution in [-0.2, 0) is 10.0 Å². The molecule has 3 aromatic rings. The lowest BCUT2D eigenvalue weighted by molar-refractivity contribution is 0.102. The molecule has 0 unspecified atom stereocenters. The molecule has 3 aromatic carbocycles. The molecule has 0 spiro atoms. The molecule has 166 valence electrons. The van der Waals surface area contributed by atoms with Gasteiger partial charge in [-0.15, -0.1) is 0 Å². The molecule has 1 N–H and O–H groups in total. The minimum atomic E-state index is -3.54. The summed E-state index contributed by atoms with van der Waals surface area (Å²) in [5, 5.41) is 2.80. The van der Waals surface area contributed by atoms with Crippen LogP contribution < -0.4 is 10.1 Å². The molecule has 1 aliphatic rings. The number of rotatable bonds is 6. The van der Waals surface area contributed by atoms with Crippen molar-refractivity contribution < 1.29 is 17.9 Å². The molecule has 7 nitrogen and oxygen atoms in total. The first-order valence-electron chi connectivity index (χ1n) is 10.3. The summed E-state index contributed by atoms with van der Waals surface area (Å²) in [6.07, 6.45) is 0. The van der Waals surface area contributed by atoms with E-state index in [9.17, 15) is 13.2 Å². The lowest BCUT2D eigenvalue weighted by Gasteiger charge is -2.31. The third-order valence-corrected chi connectivity index (χ3v) is 7.20. The van der Waals surface area contributed by atoms with Crippen molar-refractivity contribution in [2.75, 3.05) is 38.5 Å². The van der Waals surface area contributed by atoms with E-state index in [1.165, 1.54) is 16.4 Å². The third-order valence-electron chi connectivity index (χ3n) is 5.29. The number of carbonyl (C=O) groups excluding carboxylic acids is 1. The molecule has 4 rings (SSSR count). The van der Waals surface area contributed by atoms with Gasteiger partial charge in [0.25, 0.3) is 5.91 Å². The number of hydrogen-bond donors (Lipinski definition) is 1. The van der Waals surface area contributed by atoms with Gasteiger partial charge < -0.3 is 15.0 Å². The van der Waals surface area contributed by atoms with E-state index in [0.717, 1.165) is 0 Å². The summed E-state index contributed by atoms with van der Waals surface area (Å²) in [6, 6.07) is 22.5. The molecular formula is C24H25N3O4S. The second-order valence-corrected chi connectivity index (χ2v) is 9.57. The van der Waals surface area contributed by atoms with E-state index < -0.39 is 10.0 Å². The van der Waals surface area contributed by atoms with Gasteiger partial charge >= 0.3 is 0 Å². The van der Waals surface area contributed by atoms with Crippen molar-refractivity contribution in [2.24, 2.45) is 0 Å². The highest BCUT2D eigenvalue weighted by Crippen LogP contribution is 2.23. The Balaban J connectivity index is 1.42. The second-order valence-electron chi connectivity index (χ2n) is 7.63. The highest BCUT2D eigenvalue weighted by Gasteiger charge is 2.27. The monoisotopic (exact) mass is 451 g/mol. The molecule has 0 saturated carbocycles. The summed E-state index contributed by atoms with van der Waals surface area (Å²) in [4.78, 5) is 15.0. The number of para-hydroxylation sites is 1. The maximum Gasteiger partial charge on any atom is 0.255 e. The maximum atomic E-state index is 12.8. The highest BCUT2D eigenvalue weighted by molar-refractivity contribution is 7.89. The quantitative estimate of drug-likeness (QED) is 0.619. The van der Waals surface area contributed by atoms with Gasteiger partial charge in [0.05, 0.1) is 4.90 Å². The van der Waals surface area contributed by atoms with Gasteiger partial charge in [0.1, 0.15) is 11.5 Å². The number of benzene rings is 3. The Morgan fingerprint density at radius 1 is 0.844 bits per heavy atom. The Morgan fingerprint density at radius 3 is 2.19 bits per heavy atom. The van der Waals surface area contributed by atoms with Gasteiger partial charge in [0.15, 0.2) is 0 Å². The van der Waals surface area contributed by atoms with Crippen LogP contribution in [0, 0.1) is 0 Å². The van der Waals surface area contributed by atoms with Crippen LogP contribution in [0.1, 0.15) is 10.4 Å². The van der Waals surface area contributed by atoms with Crippen LogP contribution in [-0.4, -0.2) is 56.8 Å². The number of carbonyl (C=O) groups is 1. The molecule has 0 aliphatic carbocycles. The van der Waals surface area contributed by atoms with Gasteiger partial charge in [-0.25, -0.2) is 8.42 Å². The number of likely N-dealkylation sites (N-methyl/N-ethyl adjacent to an activating group) is 1. The van der Waals surface area contributed by atoms with E-state index in [2.05, 4.69) is 10.2 Å². The topological polar surface area (TPSA) is 79.0 Å². The van der Waals surface area contributed by atoms with Crippen molar-refractivity contribution in [3.63, 3.8) is 0 Å². The Bertz CT molecular complexity index is 1170. The lowest BCUT2D eigenvalue weighted by atomic mass is 10.2. The molecule has 0 atom stereocenters. The van der Waals surface area contributed by atoms with Crippen LogP contribution in [0.2, 0.25) is 0 Å². The van der Waals surface area contributed by atoms with Gasteiger partial charge in [-0.3, -0.25) is 4.79 Å². The first-order valence-corrected chi connectivity index (χ1v) is 11.8. The van der Waals surface area contributed by atoms with Gasteiger partial charge in [-0.2, -0.15) is 4.31 Å². The largest absolute Gasteiger partial charge is 0.457 e. The van der Waals surface area contributed by atoms with Crippen LogP contribution in [0.5, 0.6) is 11.5 Å². The minimum absolute atomic E-state index is 0.221. The van der Waals surface area contributed by atoms with Crippen molar-refractivity contribution in [3.8, 4) is 11.5 Å². The van der Waals surface area contributed by atoms with E-state index in [4.69, 9.17) is 4.74 Å². The van der Waals surface area contributed by atoms with E-state index >= 15 is 0 Å². The van der Waals surface area contributed by atoms with Crippen LogP contribution in [0.3, 0.4) is 0 Å². The summed E-state index contributed by atoms with van der Waals surface area (Å²) in [5.41, 5.74) is 0.953. The number of nitrogens with zero attached hydrogens (tertiary/aromatic N) is 2. The first-order chi connectivity index (χ1) is 15.4. The Morgan fingerprint density at radius 2 is 1.50 bits per heavy atom. The maximum absolute atomic E-state index is 12.8. The number of amides is 1. The fraction of sp³-hybridized carbons (Fsp3) is 0.208. The molecule has 0 aromatic heterocycles. The minimum Gasteiger partial charge on any atom is -0.457 e. The number of nitrogens with one attached hydrogen (secondary N) is 1. The molecule has 0 radical (unpaired) electrons. The fourth-order valence-corrected chi connectivity index (χ4v) is 4.84. The molecule has 1 amide bonds. The van der Waals surface area contributed by atoms with E-state index in [1.54, 1.807) is 36.4 Å². The molecule has 1 heterocycles. The number of piperazine rings is 1. The summed E-state index contributed by atoms with van der Waals surface area (Å²) < 4.78 is 33.0. The van der Waals surface area contributed by atoms with Crippen molar-refractivity contribution >= 4 is 21.6 Å². The predicted octanol–water partition coefficient (Wildman–Crippen LogP) is 3.67. The van der Waals surface area contributed by atoms with Gasteiger partial charge in [-0.1, -0.05) is 24.3 Å². The molecular weight excluding hydrogens is 426 g/mol. The Kier molecular flexibility index (Phi) is 6.55. The summed E-state index contributed by atoms with van der Waals surface area (Å²) in [5.74, 6) is 0.929. The number of sulfonamides is 1. The standard InChI is InChI=1S/C24H25N3O4S/c1-26-14-16-27(17-15-26)32(29,30)23-12-10-20(11-13-23)25-24(28)19-6-5-9-22(18-19)31-21-7-3-2-4-8-21/h2-13,18H,14-17H2,1H3,(H,25,28). The van der Waals surface area contributed by atoms with Crippen molar-refractivity contribution in [1.82, 2.24) is 9.21 Å².